The number of anilines is 1. The second kappa shape index (κ2) is 8.83. The van der Waals surface area contributed by atoms with Crippen molar-refractivity contribution in [2.45, 2.75) is 39.7 Å². The Kier molecular flexibility index (Phi) is 6.79. The number of nitrogens with two attached hydrogens (primary N) is 1. The third kappa shape index (κ3) is 5.06. The second-order valence-corrected chi connectivity index (χ2v) is 7.06. The van der Waals surface area contributed by atoms with E-state index in [1.165, 1.54) is 0 Å². The van der Waals surface area contributed by atoms with Gasteiger partial charge in [-0.3, -0.25) is 14.5 Å². The number of rotatable bonds is 7. The molecule has 2 rings (SSSR count). The summed E-state index contributed by atoms with van der Waals surface area (Å²) in [7, 11) is 0. The number of nitrogens with zero attached hydrogens (tertiary/aromatic N) is 1. The molecule has 1 aromatic rings. The van der Waals surface area contributed by atoms with Crippen molar-refractivity contribution in [3.63, 3.8) is 0 Å². The Bertz CT molecular complexity index is 564. The van der Waals surface area contributed by atoms with Crippen LogP contribution in [0.15, 0.2) is 18.2 Å². The molecule has 0 saturated carbocycles. The molecule has 1 saturated heterocycles. The number of likely N-dealkylation sites (tertiary alicyclic amines) is 1. The van der Waals surface area contributed by atoms with E-state index in [1.54, 1.807) is 6.07 Å². The fraction of sp³-hybridized carbons (Fsp3) is 0.579. The third-order valence-corrected chi connectivity index (χ3v) is 4.72. The van der Waals surface area contributed by atoms with Gasteiger partial charge in [-0.1, -0.05) is 26.0 Å². The molecule has 5 nitrogen and oxygen atoms in total. The molecule has 0 atom stereocenters. The topological polar surface area (TPSA) is 75.4 Å². The Labute approximate surface area is 144 Å². The Morgan fingerprint density at radius 1 is 1.38 bits per heavy atom. The van der Waals surface area contributed by atoms with Gasteiger partial charge in [-0.15, -0.1) is 0 Å². The number of hydrogen-bond acceptors (Lipinski definition) is 4. The van der Waals surface area contributed by atoms with Gasteiger partial charge in [-0.05, 0) is 49.9 Å². The van der Waals surface area contributed by atoms with Crippen molar-refractivity contribution in [2.24, 2.45) is 11.8 Å². The maximum atomic E-state index is 12.2. The Morgan fingerprint density at radius 2 is 2.08 bits per heavy atom. The maximum Gasteiger partial charge on any atom is 0.223 e. The van der Waals surface area contributed by atoms with Crippen molar-refractivity contribution < 1.29 is 9.59 Å². The third-order valence-electron chi connectivity index (χ3n) is 4.72. The minimum Gasteiger partial charge on any atom is -0.398 e. The molecule has 0 unspecified atom stereocenters. The lowest BCUT2D eigenvalue weighted by Gasteiger charge is -2.31. The van der Waals surface area contributed by atoms with E-state index in [-0.39, 0.29) is 11.8 Å². The van der Waals surface area contributed by atoms with Crippen molar-refractivity contribution in [1.82, 2.24) is 10.2 Å². The van der Waals surface area contributed by atoms with Gasteiger partial charge in [0.2, 0.25) is 5.91 Å². The zero-order chi connectivity index (χ0) is 17.5. The highest BCUT2D eigenvalue weighted by Crippen LogP contribution is 2.22. The van der Waals surface area contributed by atoms with Crippen LogP contribution in [0.25, 0.3) is 0 Å². The quantitative estimate of drug-likeness (QED) is 0.594. The average Bonchev–Trinajstić information content (AvgIpc) is 2.55. The van der Waals surface area contributed by atoms with Crippen LogP contribution in [-0.4, -0.2) is 36.7 Å². The molecule has 1 aromatic carbocycles. The molecular weight excluding hydrogens is 302 g/mol. The second-order valence-electron chi connectivity index (χ2n) is 7.06. The Hall–Kier alpha value is -1.88. The molecule has 5 heteroatoms. The summed E-state index contributed by atoms with van der Waals surface area (Å²) in [5.41, 5.74) is 7.95. The van der Waals surface area contributed by atoms with E-state index in [0.29, 0.717) is 23.7 Å². The molecule has 24 heavy (non-hydrogen) atoms. The van der Waals surface area contributed by atoms with Crippen molar-refractivity contribution in [1.29, 1.82) is 0 Å². The van der Waals surface area contributed by atoms with Gasteiger partial charge >= 0.3 is 0 Å². The first-order valence-electron chi connectivity index (χ1n) is 8.84. The van der Waals surface area contributed by atoms with E-state index in [2.05, 4.69) is 24.1 Å². The number of amides is 1. The van der Waals surface area contributed by atoms with E-state index in [1.807, 2.05) is 12.1 Å². The van der Waals surface area contributed by atoms with Crippen LogP contribution in [0.1, 0.15) is 49.0 Å². The smallest absolute Gasteiger partial charge is 0.223 e. The molecule has 1 aliphatic rings. The van der Waals surface area contributed by atoms with E-state index >= 15 is 0 Å². The number of nitrogen functional groups attached to an aromatic ring is 1. The molecule has 0 radical (unpaired) electrons. The first-order chi connectivity index (χ1) is 11.5. The van der Waals surface area contributed by atoms with Gasteiger partial charge in [0.25, 0.3) is 0 Å². The van der Waals surface area contributed by atoms with Gasteiger partial charge in [-0.25, -0.2) is 0 Å². The van der Waals surface area contributed by atoms with Crippen molar-refractivity contribution in [2.75, 3.05) is 25.4 Å². The van der Waals surface area contributed by atoms with Gasteiger partial charge in [0.05, 0.1) is 0 Å². The number of carbonyl (C=O) groups is 2. The molecule has 1 aliphatic heterocycles. The zero-order valence-electron chi connectivity index (χ0n) is 14.8. The monoisotopic (exact) mass is 331 g/mol. The number of aldehydes is 1. The van der Waals surface area contributed by atoms with Crippen LogP contribution in [0.3, 0.4) is 0 Å². The predicted octanol–water partition coefficient (Wildman–Crippen LogP) is 2.46. The summed E-state index contributed by atoms with van der Waals surface area (Å²) >= 11 is 0. The van der Waals surface area contributed by atoms with Crippen LogP contribution < -0.4 is 11.1 Å². The largest absolute Gasteiger partial charge is 0.398 e. The van der Waals surface area contributed by atoms with E-state index < -0.39 is 0 Å². The molecule has 1 fully saturated rings. The van der Waals surface area contributed by atoms with Crippen LogP contribution in [0, 0.1) is 11.8 Å². The van der Waals surface area contributed by atoms with Gasteiger partial charge in [0.1, 0.15) is 0 Å². The molecule has 0 aliphatic carbocycles. The number of benzene rings is 1. The minimum atomic E-state index is 0.111. The van der Waals surface area contributed by atoms with Crippen molar-refractivity contribution >= 4 is 17.9 Å². The molecule has 1 amide bonds. The number of carbonyl (C=O) groups excluding carboxylic acids is 2. The summed E-state index contributed by atoms with van der Waals surface area (Å²) in [4.78, 5) is 25.7. The van der Waals surface area contributed by atoms with Gasteiger partial charge < -0.3 is 11.1 Å². The van der Waals surface area contributed by atoms with Crippen LogP contribution in [0.5, 0.6) is 0 Å². The number of nitrogens with one attached hydrogen (secondary N) is 1. The Morgan fingerprint density at radius 3 is 2.71 bits per heavy atom. The Balaban J connectivity index is 1.82. The zero-order valence-corrected chi connectivity index (χ0v) is 14.8. The SMILES string of the molecule is CC(C)CCNC(=O)C1CCN(Cc2cccc(N)c2C=O)CC1. The summed E-state index contributed by atoms with van der Waals surface area (Å²) in [6, 6.07) is 5.58. The average molecular weight is 331 g/mol. The lowest BCUT2D eigenvalue weighted by atomic mass is 9.95. The fourth-order valence-corrected chi connectivity index (χ4v) is 3.14. The molecule has 3 N–H and O–H groups in total. The highest BCUT2D eigenvalue weighted by atomic mass is 16.1. The lowest BCUT2D eigenvalue weighted by molar-refractivity contribution is -0.126. The van der Waals surface area contributed by atoms with E-state index in [9.17, 15) is 9.59 Å². The van der Waals surface area contributed by atoms with E-state index in [4.69, 9.17) is 5.73 Å². The number of hydrogen-bond donors (Lipinski definition) is 2. The highest BCUT2D eigenvalue weighted by Gasteiger charge is 2.25. The van der Waals surface area contributed by atoms with Crippen LogP contribution in [0.4, 0.5) is 5.69 Å². The van der Waals surface area contributed by atoms with Crippen molar-refractivity contribution in [3.05, 3.63) is 29.3 Å². The molecule has 0 aromatic heterocycles. The summed E-state index contributed by atoms with van der Waals surface area (Å²) in [5.74, 6) is 0.908. The standard InChI is InChI=1S/C19H29N3O2/c1-14(2)6-9-21-19(24)15-7-10-22(11-8-15)12-16-4-3-5-18(20)17(16)13-23/h3-5,13-15H,6-12,20H2,1-2H3,(H,21,24). The fourth-order valence-electron chi connectivity index (χ4n) is 3.14. The molecule has 132 valence electrons. The van der Waals surface area contributed by atoms with Crippen LogP contribution in [-0.2, 0) is 11.3 Å². The highest BCUT2D eigenvalue weighted by molar-refractivity contribution is 5.85. The van der Waals surface area contributed by atoms with Crippen LogP contribution in [0.2, 0.25) is 0 Å². The summed E-state index contributed by atoms with van der Waals surface area (Å²) in [5, 5.41) is 3.05. The summed E-state index contributed by atoms with van der Waals surface area (Å²) in [6.07, 6.45) is 3.59. The summed E-state index contributed by atoms with van der Waals surface area (Å²) in [6.45, 7) is 7.54. The first kappa shape index (κ1) is 18.5. The molecule has 0 spiro atoms. The lowest BCUT2D eigenvalue weighted by Crippen LogP contribution is -2.40. The van der Waals surface area contributed by atoms with Gasteiger partial charge in [0.15, 0.2) is 6.29 Å². The van der Waals surface area contributed by atoms with Crippen molar-refractivity contribution in [3.8, 4) is 0 Å². The maximum absolute atomic E-state index is 12.2. The molecular formula is C19H29N3O2. The first-order valence-corrected chi connectivity index (χ1v) is 8.84. The predicted molar refractivity (Wildman–Crippen MR) is 96.7 cm³/mol. The van der Waals surface area contributed by atoms with E-state index in [0.717, 1.165) is 50.7 Å². The summed E-state index contributed by atoms with van der Waals surface area (Å²) < 4.78 is 0. The molecule has 0 bridgehead atoms. The molecule has 1 heterocycles. The number of piperidine rings is 1. The van der Waals surface area contributed by atoms with Gasteiger partial charge in [0, 0.05) is 30.3 Å². The van der Waals surface area contributed by atoms with Crippen LogP contribution >= 0.6 is 0 Å². The normalized spacial score (nSPS) is 16.3. The van der Waals surface area contributed by atoms with Gasteiger partial charge in [-0.2, -0.15) is 0 Å². The minimum absolute atomic E-state index is 0.111.